The lowest BCUT2D eigenvalue weighted by Crippen LogP contribution is -2.55. The second-order valence-electron chi connectivity index (χ2n) is 13.1. The van der Waals surface area contributed by atoms with Gasteiger partial charge in [0.25, 0.3) is 0 Å². The molecule has 9 heteroatoms. The minimum Gasteiger partial charge on any atom is -0.344 e. The summed E-state index contributed by atoms with van der Waals surface area (Å²) in [6.45, 7) is 7.77. The van der Waals surface area contributed by atoms with Crippen molar-refractivity contribution in [2.75, 3.05) is 12.0 Å². The summed E-state index contributed by atoms with van der Waals surface area (Å²) < 4.78 is 0. The van der Waals surface area contributed by atoms with Crippen LogP contribution in [0.5, 0.6) is 0 Å². The Morgan fingerprint density at radius 3 is 2.40 bits per heavy atom. The fourth-order valence-electron chi connectivity index (χ4n) is 6.44. The second-order valence-corrected chi connectivity index (χ2v) is 14.1. The molecule has 1 aromatic rings. The van der Waals surface area contributed by atoms with Gasteiger partial charge in [-0.3, -0.25) is 19.2 Å². The Morgan fingerprint density at radius 1 is 1.02 bits per heavy atom. The summed E-state index contributed by atoms with van der Waals surface area (Å²) in [5.41, 5.74) is 14.3. The molecule has 1 aromatic carbocycles. The number of carbonyl (C=O) groups excluding carboxylic acids is 4. The molecule has 0 aromatic heterocycles. The number of Topliss-reactive ketones (excluding diaryl/α,β-unsaturated/α-hetero) is 2. The van der Waals surface area contributed by atoms with Gasteiger partial charge in [0.15, 0.2) is 11.6 Å². The summed E-state index contributed by atoms with van der Waals surface area (Å²) in [7, 11) is 0. The van der Waals surface area contributed by atoms with Gasteiger partial charge in [-0.05, 0) is 67.1 Å². The molecule has 1 spiro atoms. The third-order valence-electron chi connectivity index (χ3n) is 8.97. The van der Waals surface area contributed by atoms with Crippen LogP contribution >= 0.6 is 11.8 Å². The quantitative estimate of drug-likeness (QED) is 0.212. The van der Waals surface area contributed by atoms with Gasteiger partial charge in [0, 0.05) is 24.2 Å². The number of carbonyl (C=O) groups is 4. The second kappa shape index (κ2) is 15.5. The third kappa shape index (κ3) is 8.89. The van der Waals surface area contributed by atoms with E-state index in [1.54, 1.807) is 11.8 Å². The monoisotopic (exact) mass is 600 g/mol. The predicted molar refractivity (Wildman–Crippen MR) is 170 cm³/mol. The highest BCUT2D eigenvalue weighted by molar-refractivity contribution is 7.98. The van der Waals surface area contributed by atoms with Crippen LogP contribution in [0.15, 0.2) is 24.3 Å². The number of benzene rings is 1. The summed E-state index contributed by atoms with van der Waals surface area (Å²) in [6.07, 6.45) is 8.29. The molecule has 1 saturated carbocycles. The van der Waals surface area contributed by atoms with Gasteiger partial charge in [0.05, 0.1) is 18.1 Å². The molecule has 6 atom stereocenters. The van der Waals surface area contributed by atoms with Crippen LogP contribution in [-0.2, 0) is 31.0 Å². The van der Waals surface area contributed by atoms with Crippen LogP contribution < -0.4 is 22.1 Å². The fourth-order valence-corrected chi connectivity index (χ4v) is 6.93. The first kappa shape index (κ1) is 34.3. The number of ketones is 2. The van der Waals surface area contributed by atoms with Crippen molar-refractivity contribution in [3.05, 3.63) is 35.4 Å². The Hall–Kier alpha value is -2.23. The van der Waals surface area contributed by atoms with Crippen molar-refractivity contribution in [3.8, 4) is 0 Å². The van der Waals surface area contributed by atoms with E-state index in [2.05, 4.69) is 22.8 Å². The van der Waals surface area contributed by atoms with Crippen LogP contribution in [0.25, 0.3) is 0 Å². The lowest BCUT2D eigenvalue weighted by Gasteiger charge is -2.24. The van der Waals surface area contributed by atoms with Crippen LogP contribution in [0.3, 0.4) is 0 Å². The van der Waals surface area contributed by atoms with E-state index in [0.29, 0.717) is 38.0 Å². The number of unbranched alkanes of at least 4 members (excludes halogenated alkanes) is 1. The number of fused-ring (bicyclic) bond motifs is 2. The van der Waals surface area contributed by atoms with Crippen molar-refractivity contribution >= 4 is 35.1 Å². The molecule has 2 aliphatic carbocycles. The molecule has 1 fully saturated rings. The first-order valence-corrected chi connectivity index (χ1v) is 17.0. The zero-order valence-corrected chi connectivity index (χ0v) is 26.9. The maximum atomic E-state index is 13.7. The molecule has 6 N–H and O–H groups in total. The van der Waals surface area contributed by atoms with Gasteiger partial charge >= 0.3 is 0 Å². The molecule has 42 heavy (non-hydrogen) atoms. The van der Waals surface area contributed by atoms with Crippen LogP contribution in [0.4, 0.5) is 0 Å². The van der Waals surface area contributed by atoms with E-state index < -0.39 is 24.2 Å². The predicted octanol–water partition coefficient (Wildman–Crippen LogP) is 3.67. The van der Waals surface area contributed by atoms with E-state index in [4.69, 9.17) is 11.5 Å². The summed E-state index contributed by atoms with van der Waals surface area (Å²) in [5, 5.41) is 5.87. The lowest BCUT2D eigenvalue weighted by molar-refractivity contribution is -0.132. The highest BCUT2D eigenvalue weighted by Crippen LogP contribution is 2.60. The van der Waals surface area contributed by atoms with Gasteiger partial charge in [-0.25, -0.2) is 0 Å². The van der Waals surface area contributed by atoms with Crippen molar-refractivity contribution in [2.24, 2.45) is 29.2 Å². The van der Waals surface area contributed by atoms with Gasteiger partial charge in [0.2, 0.25) is 11.8 Å². The van der Waals surface area contributed by atoms with Gasteiger partial charge in [-0.2, -0.15) is 11.8 Å². The molecule has 8 nitrogen and oxygen atoms in total. The van der Waals surface area contributed by atoms with E-state index in [1.807, 2.05) is 46.1 Å². The molecule has 0 aliphatic heterocycles. The van der Waals surface area contributed by atoms with Crippen molar-refractivity contribution in [3.63, 3.8) is 0 Å². The van der Waals surface area contributed by atoms with Crippen LogP contribution in [-0.4, -0.2) is 59.6 Å². The lowest BCUT2D eigenvalue weighted by atomic mass is 9.86. The van der Waals surface area contributed by atoms with Gasteiger partial charge in [0.1, 0.15) is 6.04 Å². The Labute approximate surface area is 256 Å². The Bertz CT molecular complexity index is 1110. The molecule has 234 valence electrons. The highest BCUT2D eigenvalue weighted by Gasteiger charge is 2.57. The van der Waals surface area contributed by atoms with Crippen LogP contribution in [0.2, 0.25) is 0 Å². The standard InChI is InChI=1S/C33H52N4O4S/c1-20(2)16-28(37-31(40)26(35)14-15-42-5)32(41)36-27-17-22-10-6-8-12-24(22)33(19-29(27)38)18-23(33)11-7-9-13-25(34)30(39)21(3)4/h6,8,10,12,20-21,23,25-28H,7,9,11,13-19,34-35H2,1-5H3,(H,36,41)(H,37,40). The zero-order valence-electron chi connectivity index (χ0n) is 26.1. The molecular weight excluding hydrogens is 548 g/mol. The molecule has 2 amide bonds. The Kier molecular flexibility index (Phi) is 12.6. The summed E-state index contributed by atoms with van der Waals surface area (Å²) in [4.78, 5) is 52.1. The average molecular weight is 601 g/mol. The number of amides is 2. The number of nitrogens with two attached hydrogens (primary N) is 2. The number of thioether (sulfide) groups is 1. The minimum atomic E-state index is -0.749. The molecule has 6 unspecified atom stereocenters. The zero-order chi connectivity index (χ0) is 31.0. The van der Waals surface area contributed by atoms with Crippen LogP contribution in [0.1, 0.15) is 90.2 Å². The first-order valence-electron chi connectivity index (χ1n) is 15.6. The topological polar surface area (TPSA) is 144 Å². The van der Waals surface area contributed by atoms with E-state index in [-0.39, 0.29) is 40.6 Å². The van der Waals surface area contributed by atoms with Gasteiger partial charge in [-0.1, -0.05) is 64.8 Å². The molecule has 0 radical (unpaired) electrons. The first-order chi connectivity index (χ1) is 19.9. The van der Waals surface area contributed by atoms with E-state index in [9.17, 15) is 19.2 Å². The Morgan fingerprint density at radius 2 is 1.74 bits per heavy atom. The average Bonchev–Trinajstić information content (AvgIpc) is 3.66. The van der Waals surface area contributed by atoms with Crippen molar-refractivity contribution in [1.29, 1.82) is 0 Å². The summed E-state index contributed by atoms with van der Waals surface area (Å²) in [5.74, 6) is 0.762. The van der Waals surface area contributed by atoms with E-state index in [1.165, 1.54) is 5.56 Å². The largest absolute Gasteiger partial charge is 0.344 e. The summed E-state index contributed by atoms with van der Waals surface area (Å²) in [6, 6.07) is 5.76. The minimum absolute atomic E-state index is 0.0397. The fraction of sp³-hybridized carbons (Fsp3) is 0.697. The van der Waals surface area contributed by atoms with Crippen molar-refractivity contribution in [1.82, 2.24) is 10.6 Å². The Balaban J connectivity index is 1.66. The highest BCUT2D eigenvalue weighted by atomic mass is 32.2. The molecule has 0 bridgehead atoms. The molecule has 3 rings (SSSR count). The molecule has 2 aliphatic rings. The smallest absolute Gasteiger partial charge is 0.243 e. The number of nitrogens with one attached hydrogen (secondary N) is 2. The summed E-state index contributed by atoms with van der Waals surface area (Å²) >= 11 is 1.62. The van der Waals surface area contributed by atoms with Gasteiger partial charge in [-0.15, -0.1) is 0 Å². The van der Waals surface area contributed by atoms with E-state index >= 15 is 0 Å². The number of hydrogen-bond acceptors (Lipinski definition) is 7. The van der Waals surface area contributed by atoms with Gasteiger partial charge < -0.3 is 22.1 Å². The maximum Gasteiger partial charge on any atom is 0.243 e. The molecule has 0 heterocycles. The number of rotatable bonds is 16. The van der Waals surface area contributed by atoms with E-state index in [0.717, 1.165) is 37.0 Å². The van der Waals surface area contributed by atoms with Crippen molar-refractivity contribution < 1.29 is 19.2 Å². The maximum absolute atomic E-state index is 13.7. The van der Waals surface area contributed by atoms with Crippen molar-refractivity contribution in [2.45, 2.75) is 115 Å². The molecular formula is C33H52N4O4S. The third-order valence-corrected chi connectivity index (χ3v) is 9.61. The number of hydrogen-bond donors (Lipinski definition) is 4. The molecule has 0 saturated heterocycles. The SMILES string of the molecule is CSCCC(N)C(=O)NC(CC(C)C)C(=O)NC1Cc2ccccc2C2(CC1=O)CC2CCCCC(N)C(=O)C(C)C. The van der Waals surface area contributed by atoms with Crippen LogP contribution in [0, 0.1) is 17.8 Å². The normalized spacial score (nSPS) is 23.7.